The van der Waals surface area contributed by atoms with Gasteiger partial charge in [-0.3, -0.25) is 19.2 Å². The molecule has 15 heteroatoms. The number of benzene rings is 2. The van der Waals surface area contributed by atoms with Crippen molar-refractivity contribution in [2.24, 2.45) is 0 Å². The van der Waals surface area contributed by atoms with Crippen LogP contribution in [0.1, 0.15) is 77.2 Å². The van der Waals surface area contributed by atoms with Crippen LogP contribution in [0.4, 0.5) is 11.4 Å². The number of nitrogen functional groups attached to an aromatic ring is 1. The summed E-state index contributed by atoms with van der Waals surface area (Å²) in [5.74, 6) is -2.09. The predicted octanol–water partition coefficient (Wildman–Crippen LogP) is 0.614. The Bertz CT molecular complexity index is 2180. The number of anilines is 2. The molecule has 0 saturated carbocycles. The second-order valence-corrected chi connectivity index (χ2v) is 11.5. The van der Waals surface area contributed by atoms with Crippen LogP contribution in [0.3, 0.4) is 0 Å². The summed E-state index contributed by atoms with van der Waals surface area (Å²) in [6, 6.07) is 10.0. The van der Waals surface area contributed by atoms with Crippen LogP contribution in [0.25, 0.3) is 5.78 Å². The number of rotatable bonds is 7. The molecular formula is C31H27N9O6. The number of nitrogens with two attached hydrogens (primary N) is 1. The van der Waals surface area contributed by atoms with E-state index in [9.17, 15) is 29.1 Å². The molecule has 1 atom stereocenters. The van der Waals surface area contributed by atoms with Gasteiger partial charge >= 0.3 is 5.97 Å². The maximum Gasteiger partial charge on any atom is 0.335 e. The first-order chi connectivity index (χ1) is 22.1. The summed E-state index contributed by atoms with van der Waals surface area (Å²) in [4.78, 5) is 68.0. The first-order valence-electron chi connectivity index (χ1n) is 14.6. The SMILES string of the molecule is Cc1c(C(=O)O)ccc2c1CC[C@@H]2NC(=O)c1cc(C(=O)NCc2ccc3c(c2)CN(c2c(N)c(=O)c2=O)CC3)nc2nnnn12. The highest BCUT2D eigenvalue weighted by Gasteiger charge is 2.30. The van der Waals surface area contributed by atoms with Crippen molar-refractivity contribution in [3.63, 3.8) is 0 Å². The number of aromatic carboxylic acids is 1. The minimum Gasteiger partial charge on any atom is -0.478 e. The minimum absolute atomic E-state index is 0.00486. The molecule has 5 aromatic rings. The van der Waals surface area contributed by atoms with Crippen molar-refractivity contribution in [1.82, 2.24) is 35.7 Å². The number of carbonyl (C=O) groups excluding carboxylic acids is 2. The first kappa shape index (κ1) is 28.8. The van der Waals surface area contributed by atoms with Crippen molar-refractivity contribution in [3.05, 3.63) is 107 Å². The fraction of sp³-hybridized carbons (Fsp3) is 0.258. The number of amides is 2. The molecule has 15 nitrogen and oxygen atoms in total. The standard InChI is InChI=1S/C31H27N9O6/c1-14-18-6-7-21(20(18)5-4-19(14)30(45)46)34-29(44)23-11-22(35-31-36-37-38-40(23)31)28(43)33-12-15-2-3-16-8-9-39(13-17(16)10-15)25-24(32)26(41)27(25)42/h2-5,10-11,21H,6-9,12-13,32H2,1H3,(H,33,43)(H,34,44)(H,45,46)/t21-/m0/s1. The van der Waals surface area contributed by atoms with Gasteiger partial charge in [0, 0.05) is 25.7 Å². The predicted molar refractivity (Wildman–Crippen MR) is 163 cm³/mol. The van der Waals surface area contributed by atoms with Gasteiger partial charge in [0.15, 0.2) is 0 Å². The highest BCUT2D eigenvalue weighted by atomic mass is 16.4. The summed E-state index contributed by atoms with van der Waals surface area (Å²) in [5.41, 5.74) is 10.3. The van der Waals surface area contributed by atoms with Gasteiger partial charge in [0.05, 0.1) is 11.6 Å². The summed E-state index contributed by atoms with van der Waals surface area (Å²) in [7, 11) is 0. The van der Waals surface area contributed by atoms with Gasteiger partial charge < -0.3 is 26.4 Å². The molecule has 2 amide bonds. The van der Waals surface area contributed by atoms with Gasteiger partial charge in [-0.25, -0.2) is 9.78 Å². The number of nitrogens with one attached hydrogen (secondary N) is 2. The lowest BCUT2D eigenvalue weighted by atomic mass is 9.96. The number of nitrogens with zero attached hydrogens (tertiary/aromatic N) is 6. The van der Waals surface area contributed by atoms with Crippen LogP contribution in [0.15, 0.2) is 46.0 Å². The normalized spacial score (nSPS) is 15.5. The molecule has 2 aromatic heterocycles. The smallest absolute Gasteiger partial charge is 0.335 e. The van der Waals surface area contributed by atoms with Gasteiger partial charge in [0.25, 0.3) is 28.4 Å². The number of carboxylic acids is 1. The maximum atomic E-state index is 13.5. The monoisotopic (exact) mass is 621 g/mol. The number of hydrogen-bond donors (Lipinski definition) is 4. The third kappa shape index (κ3) is 4.72. The van der Waals surface area contributed by atoms with E-state index in [1.54, 1.807) is 24.0 Å². The van der Waals surface area contributed by atoms with E-state index in [4.69, 9.17) is 5.73 Å². The van der Waals surface area contributed by atoms with Crippen molar-refractivity contribution in [2.75, 3.05) is 17.2 Å². The van der Waals surface area contributed by atoms with Gasteiger partial charge in [0.2, 0.25) is 0 Å². The molecule has 1 aliphatic carbocycles. The molecule has 46 heavy (non-hydrogen) atoms. The minimum atomic E-state index is -1.00. The summed E-state index contributed by atoms with van der Waals surface area (Å²) in [6.07, 6.45) is 1.87. The Morgan fingerprint density at radius 2 is 1.87 bits per heavy atom. The van der Waals surface area contributed by atoms with Gasteiger partial charge in [-0.15, -0.1) is 0 Å². The summed E-state index contributed by atoms with van der Waals surface area (Å²) in [5, 5.41) is 26.6. The second kappa shape index (κ2) is 10.9. The Morgan fingerprint density at radius 1 is 1.04 bits per heavy atom. The second-order valence-electron chi connectivity index (χ2n) is 11.5. The fourth-order valence-corrected chi connectivity index (χ4v) is 6.41. The molecule has 0 unspecified atom stereocenters. The van der Waals surface area contributed by atoms with Crippen molar-refractivity contribution in [1.29, 1.82) is 0 Å². The molecule has 232 valence electrons. The Balaban J connectivity index is 1.07. The number of aromatic nitrogens is 5. The molecule has 0 fully saturated rings. The summed E-state index contributed by atoms with van der Waals surface area (Å²) in [6.45, 7) is 2.90. The lowest BCUT2D eigenvalue weighted by Crippen LogP contribution is -2.44. The lowest BCUT2D eigenvalue weighted by Gasteiger charge is -2.32. The average molecular weight is 622 g/mol. The molecule has 3 heterocycles. The number of tetrazole rings is 1. The van der Waals surface area contributed by atoms with E-state index < -0.39 is 28.6 Å². The van der Waals surface area contributed by atoms with E-state index >= 15 is 0 Å². The van der Waals surface area contributed by atoms with Crippen LogP contribution in [-0.2, 0) is 25.9 Å². The summed E-state index contributed by atoms with van der Waals surface area (Å²) >= 11 is 0. The van der Waals surface area contributed by atoms with E-state index in [1.807, 2.05) is 18.2 Å². The number of carboxylic acid groups (broad SMARTS) is 1. The van der Waals surface area contributed by atoms with E-state index in [0.29, 0.717) is 37.9 Å². The summed E-state index contributed by atoms with van der Waals surface area (Å²) < 4.78 is 1.15. The van der Waals surface area contributed by atoms with E-state index in [0.717, 1.165) is 32.3 Å². The van der Waals surface area contributed by atoms with Crippen molar-refractivity contribution >= 4 is 34.9 Å². The van der Waals surface area contributed by atoms with Crippen molar-refractivity contribution < 1.29 is 19.5 Å². The van der Waals surface area contributed by atoms with Crippen LogP contribution < -0.4 is 32.1 Å². The first-order valence-corrected chi connectivity index (χ1v) is 14.6. The van der Waals surface area contributed by atoms with E-state index in [-0.39, 0.29) is 46.7 Å². The third-order valence-corrected chi connectivity index (χ3v) is 8.84. The molecule has 2 aliphatic rings. The zero-order valence-corrected chi connectivity index (χ0v) is 24.5. The fourth-order valence-electron chi connectivity index (χ4n) is 6.41. The lowest BCUT2D eigenvalue weighted by molar-refractivity contribution is 0.0695. The molecule has 0 saturated heterocycles. The van der Waals surface area contributed by atoms with Crippen LogP contribution in [0, 0.1) is 6.92 Å². The molecular weight excluding hydrogens is 594 g/mol. The van der Waals surface area contributed by atoms with Gasteiger partial charge in [0.1, 0.15) is 22.8 Å². The van der Waals surface area contributed by atoms with Crippen molar-refractivity contribution in [3.8, 4) is 0 Å². The van der Waals surface area contributed by atoms with Gasteiger partial charge in [-0.05, 0) is 76.1 Å². The third-order valence-electron chi connectivity index (χ3n) is 8.84. The number of carbonyl (C=O) groups is 3. The van der Waals surface area contributed by atoms with Gasteiger partial charge in [-0.1, -0.05) is 29.4 Å². The van der Waals surface area contributed by atoms with Crippen LogP contribution in [-0.4, -0.2) is 54.5 Å². The molecule has 5 N–H and O–H groups in total. The highest BCUT2D eigenvalue weighted by molar-refractivity contribution is 5.98. The average Bonchev–Trinajstić information content (AvgIpc) is 3.70. The molecule has 0 radical (unpaired) electrons. The van der Waals surface area contributed by atoms with Crippen LogP contribution >= 0.6 is 0 Å². The maximum absolute atomic E-state index is 13.5. The number of hydrogen-bond acceptors (Lipinski definition) is 11. The molecule has 0 bridgehead atoms. The zero-order valence-electron chi connectivity index (χ0n) is 24.5. The quantitative estimate of drug-likeness (QED) is 0.184. The van der Waals surface area contributed by atoms with Crippen molar-refractivity contribution in [2.45, 2.75) is 45.3 Å². The largest absolute Gasteiger partial charge is 0.478 e. The number of fused-ring (bicyclic) bond motifs is 3. The molecule has 3 aromatic carbocycles. The molecule has 1 aliphatic heterocycles. The highest BCUT2D eigenvalue weighted by Crippen LogP contribution is 2.35. The van der Waals surface area contributed by atoms with Crippen LogP contribution in [0.2, 0.25) is 0 Å². The topological polar surface area (TPSA) is 215 Å². The Labute approximate surface area is 259 Å². The zero-order chi connectivity index (χ0) is 32.3. The van der Waals surface area contributed by atoms with E-state index in [2.05, 4.69) is 31.1 Å². The molecule has 7 rings (SSSR count). The van der Waals surface area contributed by atoms with Gasteiger partial charge in [-0.2, -0.15) is 4.52 Å². The Hall–Kier alpha value is -5.99. The molecule has 0 spiro atoms. The van der Waals surface area contributed by atoms with E-state index in [1.165, 1.54) is 6.07 Å². The van der Waals surface area contributed by atoms with Crippen LogP contribution in [0.5, 0.6) is 0 Å². The Kier molecular flexibility index (Phi) is 6.80. The Morgan fingerprint density at radius 3 is 2.65 bits per heavy atom.